The van der Waals surface area contributed by atoms with Crippen molar-refractivity contribution in [1.82, 2.24) is 19.7 Å². The van der Waals surface area contributed by atoms with Gasteiger partial charge in [0.25, 0.3) is 0 Å². The molecule has 1 N–H and O–H groups in total. The zero-order chi connectivity index (χ0) is 15.4. The molecular formula is C17H29N5. The minimum absolute atomic E-state index is 0.717. The van der Waals surface area contributed by atoms with Crippen LogP contribution < -0.4 is 5.32 Å². The Balaban J connectivity index is 1.52. The van der Waals surface area contributed by atoms with Crippen molar-refractivity contribution in [3.8, 4) is 0 Å². The predicted octanol–water partition coefficient (Wildman–Crippen LogP) is 1.66. The highest BCUT2D eigenvalue weighted by Gasteiger charge is 2.29. The van der Waals surface area contributed by atoms with E-state index in [1.165, 1.54) is 44.5 Å². The minimum Gasteiger partial charge on any atom is -0.353 e. The maximum absolute atomic E-state index is 4.48. The molecule has 3 rings (SSSR count). The van der Waals surface area contributed by atoms with E-state index in [4.69, 9.17) is 0 Å². The molecule has 3 heterocycles. The zero-order valence-corrected chi connectivity index (χ0v) is 14.0. The van der Waals surface area contributed by atoms with E-state index in [1.807, 2.05) is 7.05 Å². The molecule has 2 aliphatic rings. The molecule has 0 bridgehead atoms. The summed E-state index contributed by atoms with van der Waals surface area (Å²) in [6.07, 6.45) is 7.51. The van der Waals surface area contributed by atoms with E-state index in [0.29, 0.717) is 6.04 Å². The summed E-state index contributed by atoms with van der Waals surface area (Å²) in [5.41, 5.74) is 1.29. The molecule has 122 valence electrons. The maximum Gasteiger partial charge on any atom is 0.194 e. The van der Waals surface area contributed by atoms with Gasteiger partial charge in [0.15, 0.2) is 5.96 Å². The lowest BCUT2D eigenvalue weighted by Gasteiger charge is -2.32. The first kappa shape index (κ1) is 15.4. The number of piperidine rings is 1. The Morgan fingerprint density at radius 3 is 2.77 bits per heavy atom. The molecule has 0 aromatic carbocycles. The van der Waals surface area contributed by atoms with Gasteiger partial charge >= 0.3 is 0 Å². The van der Waals surface area contributed by atoms with Crippen molar-refractivity contribution in [3.05, 3.63) is 24.0 Å². The monoisotopic (exact) mass is 303 g/mol. The van der Waals surface area contributed by atoms with E-state index in [2.05, 4.69) is 50.1 Å². The quantitative estimate of drug-likeness (QED) is 0.681. The largest absolute Gasteiger partial charge is 0.353 e. The van der Waals surface area contributed by atoms with Crippen molar-refractivity contribution in [3.63, 3.8) is 0 Å². The van der Waals surface area contributed by atoms with Gasteiger partial charge in [-0.15, -0.1) is 0 Å². The molecule has 1 atom stereocenters. The van der Waals surface area contributed by atoms with Gasteiger partial charge in [-0.25, -0.2) is 0 Å². The number of nitrogens with zero attached hydrogens (tertiary/aromatic N) is 4. The molecular weight excluding hydrogens is 274 g/mol. The zero-order valence-electron chi connectivity index (χ0n) is 14.0. The van der Waals surface area contributed by atoms with Crippen LogP contribution in [-0.2, 0) is 13.6 Å². The molecule has 1 aromatic heterocycles. The first-order valence-corrected chi connectivity index (χ1v) is 8.58. The van der Waals surface area contributed by atoms with Crippen molar-refractivity contribution in [2.45, 2.75) is 38.3 Å². The highest BCUT2D eigenvalue weighted by atomic mass is 15.3. The van der Waals surface area contributed by atoms with Crippen LogP contribution in [0.5, 0.6) is 0 Å². The second-order valence-electron chi connectivity index (χ2n) is 6.50. The predicted molar refractivity (Wildman–Crippen MR) is 91.0 cm³/mol. The van der Waals surface area contributed by atoms with E-state index in [0.717, 1.165) is 25.6 Å². The van der Waals surface area contributed by atoms with Crippen LogP contribution in [0.2, 0.25) is 0 Å². The topological polar surface area (TPSA) is 35.8 Å². The van der Waals surface area contributed by atoms with E-state index in [1.54, 1.807) is 0 Å². The molecule has 1 unspecified atom stereocenters. The number of nitrogens with one attached hydrogen (secondary N) is 1. The van der Waals surface area contributed by atoms with Crippen LogP contribution in [0.15, 0.2) is 23.3 Å². The molecule has 22 heavy (non-hydrogen) atoms. The molecule has 5 heteroatoms. The highest BCUT2D eigenvalue weighted by molar-refractivity contribution is 5.80. The fourth-order valence-electron chi connectivity index (χ4n) is 3.70. The number of likely N-dealkylation sites (tertiary alicyclic amines) is 2. The molecule has 0 saturated carbocycles. The Morgan fingerprint density at radius 2 is 2.09 bits per heavy atom. The van der Waals surface area contributed by atoms with Gasteiger partial charge in [-0.2, -0.15) is 0 Å². The Labute approximate surface area is 134 Å². The molecule has 2 fully saturated rings. The van der Waals surface area contributed by atoms with Crippen LogP contribution in [0.25, 0.3) is 0 Å². The minimum atomic E-state index is 0.717. The second kappa shape index (κ2) is 7.18. The lowest BCUT2D eigenvalue weighted by atomic mass is 10.1. The number of hydrogen-bond donors (Lipinski definition) is 1. The number of rotatable bonds is 3. The molecule has 0 radical (unpaired) electrons. The molecule has 2 aliphatic heterocycles. The number of aryl methyl sites for hydroxylation is 1. The normalized spacial score (nSPS) is 24.0. The average molecular weight is 303 g/mol. The van der Waals surface area contributed by atoms with Crippen LogP contribution in [0.3, 0.4) is 0 Å². The van der Waals surface area contributed by atoms with Crippen molar-refractivity contribution in [2.75, 3.05) is 33.2 Å². The van der Waals surface area contributed by atoms with E-state index < -0.39 is 0 Å². The molecule has 1 aromatic rings. The van der Waals surface area contributed by atoms with Gasteiger partial charge in [-0.1, -0.05) is 6.42 Å². The Morgan fingerprint density at radius 1 is 1.27 bits per heavy atom. The number of aromatic nitrogens is 1. The van der Waals surface area contributed by atoms with Crippen LogP contribution >= 0.6 is 0 Å². The summed E-state index contributed by atoms with van der Waals surface area (Å²) in [7, 11) is 3.98. The molecule has 5 nitrogen and oxygen atoms in total. The smallest absolute Gasteiger partial charge is 0.194 e. The van der Waals surface area contributed by atoms with Crippen molar-refractivity contribution in [2.24, 2.45) is 12.0 Å². The molecule has 0 amide bonds. The van der Waals surface area contributed by atoms with Gasteiger partial charge in [0.05, 0.1) is 6.54 Å². The summed E-state index contributed by atoms with van der Waals surface area (Å²) in [5, 5.41) is 3.51. The van der Waals surface area contributed by atoms with Gasteiger partial charge < -0.3 is 14.8 Å². The van der Waals surface area contributed by atoms with Crippen molar-refractivity contribution < 1.29 is 0 Å². The standard InChI is InChI=1S/C17H29N5/c1-18-17(19-13-15-7-6-9-20(15)2)22-12-8-16(14-22)21-10-4-3-5-11-21/h6-7,9,16H,3-5,8,10-14H2,1-2H3,(H,18,19). The molecule has 2 saturated heterocycles. The van der Waals surface area contributed by atoms with Crippen molar-refractivity contribution >= 4 is 5.96 Å². The molecule has 0 spiro atoms. The fourth-order valence-corrected chi connectivity index (χ4v) is 3.70. The first-order valence-electron chi connectivity index (χ1n) is 8.58. The van der Waals surface area contributed by atoms with E-state index >= 15 is 0 Å². The lowest BCUT2D eigenvalue weighted by Crippen LogP contribution is -2.44. The van der Waals surface area contributed by atoms with Crippen molar-refractivity contribution in [1.29, 1.82) is 0 Å². The number of guanidine groups is 1. The van der Waals surface area contributed by atoms with E-state index in [9.17, 15) is 0 Å². The number of aliphatic imine (C=N–C) groups is 1. The third-order valence-corrected chi connectivity index (χ3v) is 5.06. The second-order valence-corrected chi connectivity index (χ2v) is 6.50. The average Bonchev–Trinajstić information content (AvgIpc) is 3.19. The summed E-state index contributed by atoms with van der Waals surface area (Å²) in [4.78, 5) is 9.59. The van der Waals surface area contributed by atoms with Gasteiger partial charge in [-0.3, -0.25) is 9.89 Å². The van der Waals surface area contributed by atoms with Crippen LogP contribution in [0.1, 0.15) is 31.4 Å². The Hall–Kier alpha value is -1.49. The summed E-state index contributed by atoms with van der Waals surface area (Å²) in [6, 6.07) is 4.96. The van der Waals surface area contributed by atoms with Gasteiger partial charge in [0.1, 0.15) is 0 Å². The van der Waals surface area contributed by atoms with Crippen LogP contribution in [0.4, 0.5) is 0 Å². The van der Waals surface area contributed by atoms with Crippen LogP contribution in [-0.4, -0.2) is 59.6 Å². The SMILES string of the molecule is CN=C(NCc1cccn1C)N1CCC(N2CCCCC2)C1. The third kappa shape index (κ3) is 3.46. The Bertz CT molecular complexity index is 501. The maximum atomic E-state index is 4.48. The summed E-state index contributed by atoms with van der Waals surface area (Å²) < 4.78 is 2.15. The summed E-state index contributed by atoms with van der Waals surface area (Å²) in [5.74, 6) is 1.04. The highest BCUT2D eigenvalue weighted by Crippen LogP contribution is 2.20. The van der Waals surface area contributed by atoms with Gasteiger partial charge in [0.2, 0.25) is 0 Å². The van der Waals surface area contributed by atoms with Crippen LogP contribution in [0, 0.1) is 0 Å². The van der Waals surface area contributed by atoms with Gasteiger partial charge in [0, 0.05) is 45.1 Å². The third-order valence-electron chi connectivity index (χ3n) is 5.06. The summed E-state index contributed by atoms with van der Waals surface area (Å²) in [6.45, 7) is 5.64. The van der Waals surface area contributed by atoms with Gasteiger partial charge in [-0.05, 0) is 44.5 Å². The summed E-state index contributed by atoms with van der Waals surface area (Å²) >= 11 is 0. The lowest BCUT2D eigenvalue weighted by molar-refractivity contribution is 0.168. The Kier molecular flexibility index (Phi) is 5.03. The number of hydrogen-bond acceptors (Lipinski definition) is 2. The fraction of sp³-hybridized carbons (Fsp3) is 0.706. The first-order chi connectivity index (χ1) is 10.8. The molecule has 0 aliphatic carbocycles. The van der Waals surface area contributed by atoms with E-state index in [-0.39, 0.29) is 0 Å².